The third-order valence-electron chi connectivity index (χ3n) is 5.09. The molecular formula is C25H29NO4S. The first-order valence-electron chi connectivity index (χ1n) is 10.2. The molecule has 1 aromatic heterocycles. The molecule has 3 aromatic rings. The second-order valence-electron chi connectivity index (χ2n) is 7.27. The molecule has 1 heterocycles. The Morgan fingerprint density at radius 3 is 2.13 bits per heavy atom. The van der Waals surface area contributed by atoms with Gasteiger partial charge in [0.1, 0.15) is 0 Å². The molecule has 0 N–H and O–H groups in total. The number of aryl methyl sites for hydroxylation is 1. The highest BCUT2D eigenvalue weighted by Crippen LogP contribution is 2.38. The number of rotatable bonds is 10. The largest absolute Gasteiger partial charge is 0.493 e. The Balaban J connectivity index is 1.80. The van der Waals surface area contributed by atoms with Crippen molar-refractivity contribution in [3.63, 3.8) is 0 Å². The Hall–Kier alpha value is -2.99. The zero-order valence-electron chi connectivity index (χ0n) is 18.5. The quantitative estimate of drug-likeness (QED) is 0.451. The normalized spacial score (nSPS) is 10.6. The van der Waals surface area contributed by atoms with Crippen LogP contribution in [0, 0.1) is 6.92 Å². The highest BCUT2D eigenvalue weighted by atomic mass is 32.1. The molecule has 0 aliphatic heterocycles. The number of hydrogen-bond acceptors (Lipinski definition) is 5. The molecule has 0 aliphatic carbocycles. The molecule has 1 amide bonds. The van der Waals surface area contributed by atoms with Crippen molar-refractivity contribution in [1.82, 2.24) is 4.90 Å². The number of amides is 1. The van der Waals surface area contributed by atoms with Crippen LogP contribution in [0.4, 0.5) is 0 Å². The first-order valence-corrected chi connectivity index (χ1v) is 11.0. The van der Waals surface area contributed by atoms with Gasteiger partial charge in [0, 0.05) is 16.3 Å². The van der Waals surface area contributed by atoms with E-state index in [2.05, 4.69) is 31.2 Å². The zero-order chi connectivity index (χ0) is 22.2. The Labute approximate surface area is 188 Å². The van der Waals surface area contributed by atoms with Gasteiger partial charge in [-0.1, -0.05) is 30.3 Å². The number of nitrogens with zero attached hydrogens (tertiary/aromatic N) is 1. The predicted molar refractivity (Wildman–Crippen MR) is 124 cm³/mol. The molecule has 31 heavy (non-hydrogen) atoms. The second kappa shape index (κ2) is 10.9. The minimum Gasteiger partial charge on any atom is -0.493 e. The number of benzene rings is 2. The molecule has 2 aromatic carbocycles. The maximum atomic E-state index is 13.3. The minimum absolute atomic E-state index is 0.0660. The summed E-state index contributed by atoms with van der Waals surface area (Å²) in [6.45, 7) is 3.35. The number of thiophene rings is 1. The van der Waals surface area contributed by atoms with E-state index in [4.69, 9.17) is 14.2 Å². The van der Waals surface area contributed by atoms with Gasteiger partial charge in [0.15, 0.2) is 11.5 Å². The SMILES string of the molecule is COc1cc(CC(=O)N(CCc2ccccc2)Cc2ccc(C)s2)cc(OC)c1OC. The molecule has 0 bridgehead atoms. The summed E-state index contributed by atoms with van der Waals surface area (Å²) in [6, 6.07) is 18.1. The van der Waals surface area contributed by atoms with Gasteiger partial charge in [0.2, 0.25) is 11.7 Å². The number of hydrogen-bond donors (Lipinski definition) is 0. The van der Waals surface area contributed by atoms with E-state index in [0.717, 1.165) is 12.0 Å². The lowest BCUT2D eigenvalue weighted by atomic mass is 10.1. The van der Waals surface area contributed by atoms with Gasteiger partial charge < -0.3 is 19.1 Å². The van der Waals surface area contributed by atoms with Crippen LogP contribution in [0.25, 0.3) is 0 Å². The van der Waals surface area contributed by atoms with Crippen LogP contribution >= 0.6 is 11.3 Å². The minimum atomic E-state index is 0.0660. The summed E-state index contributed by atoms with van der Waals surface area (Å²) >= 11 is 1.73. The fraction of sp³-hybridized carbons (Fsp3) is 0.320. The van der Waals surface area contributed by atoms with Crippen molar-refractivity contribution in [2.24, 2.45) is 0 Å². The van der Waals surface area contributed by atoms with Gasteiger partial charge in [-0.25, -0.2) is 0 Å². The number of carbonyl (C=O) groups is 1. The molecule has 6 heteroatoms. The summed E-state index contributed by atoms with van der Waals surface area (Å²) in [5.41, 5.74) is 2.04. The standard InChI is InChI=1S/C25H29NO4S/c1-18-10-11-21(31-18)17-26(13-12-19-8-6-5-7-9-19)24(27)16-20-14-22(28-2)25(30-4)23(15-20)29-3/h5-11,14-15H,12-13,16-17H2,1-4H3. The summed E-state index contributed by atoms with van der Waals surface area (Å²) in [4.78, 5) is 17.7. The van der Waals surface area contributed by atoms with E-state index in [1.54, 1.807) is 32.7 Å². The fourth-order valence-electron chi connectivity index (χ4n) is 3.48. The topological polar surface area (TPSA) is 48.0 Å². The summed E-state index contributed by atoms with van der Waals surface area (Å²) in [6.07, 6.45) is 1.07. The number of ether oxygens (including phenoxy) is 3. The lowest BCUT2D eigenvalue weighted by Crippen LogP contribution is -2.33. The molecule has 164 valence electrons. The zero-order valence-corrected chi connectivity index (χ0v) is 19.3. The van der Waals surface area contributed by atoms with Gasteiger partial charge in [-0.3, -0.25) is 4.79 Å². The predicted octanol–water partition coefficient (Wildman–Crippen LogP) is 4.90. The first kappa shape index (κ1) is 22.7. The molecule has 0 aliphatic rings. The monoisotopic (exact) mass is 439 g/mol. The molecule has 0 saturated heterocycles. The van der Waals surface area contributed by atoms with Crippen molar-refractivity contribution in [2.75, 3.05) is 27.9 Å². The van der Waals surface area contributed by atoms with Gasteiger partial charge in [-0.05, 0) is 48.7 Å². The van der Waals surface area contributed by atoms with Crippen LogP contribution < -0.4 is 14.2 Å². The highest BCUT2D eigenvalue weighted by Gasteiger charge is 2.19. The molecule has 0 atom stereocenters. The maximum absolute atomic E-state index is 13.3. The highest BCUT2D eigenvalue weighted by molar-refractivity contribution is 7.11. The Morgan fingerprint density at radius 1 is 0.903 bits per heavy atom. The van der Waals surface area contributed by atoms with Crippen LogP contribution in [0.2, 0.25) is 0 Å². The molecule has 5 nitrogen and oxygen atoms in total. The van der Waals surface area contributed by atoms with E-state index in [1.165, 1.54) is 15.3 Å². The van der Waals surface area contributed by atoms with Crippen LogP contribution in [0.3, 0.4) is 0 Å². The lowest BCUT2D eigenvalue weighted by Gasteiger charge is -2.23. The molecule has 0 radical (unpaired) electrons. The van der Waals surface area contributed by atoms with Gasteiger partial charge >= 0.3 is 0 Å². The summed E-state index contributed by atoms with van der Waals surface area (Å²) in [7, 11) is 4.72. The van der Waals surface area contributed by atoms with E-state index in [0.29, 0.717) is 30.3 Å². The molecule has 0 unspecified atom stereocenters. The average Bonchev–Trinajstić information content (AvgIpc) is 3.21. The Kier molecular flexibility index (Phi) is 7.95. The van der Waals surface area contributed by atoms with Crippen molar-refractivity contribution in [1.29, 1.82) is 0 Å². The summed E-state index contributed by atoms with van der Waals surface area (Å²) in [5, 5.41) is 0. The van der Waals surface area contributed by atoms with Gasteiger partial charge in [-0.2, -0.15) is 0 Å². The smallest absolute Gasteiger partial charge is 0.227 e. The van der Waals surface area contributed by atoms with E-state index >= 15 is 0 Å². The van der Waals surface area contributed by atoms with Crippen molar-refractivity contribution < 1.29 is 19.0 Å². The lowest BCUT2D eigenvalue weighted by molar-refractivity contribution is -0.131. The van der Waals surface area contributed by atoms with Crippen molar-refractivity contribution in [3.05, 3.63) is 75.5 Å². The maximum Gasteiger partial charge on any atom is 0.227 e. The third-order valence-corrected chi connectivity index (χ3v) is 6.07. The number of methoxy groups -OCH3 is 3. The number of carbonyl (C=O) groups excluding carboxylic acids is 1. The molecule has 0 saturated carbocycles. The average molecular weight is 440 g/mol. The van der Waals surface area contributed by atoms with Gasteiger partial charge in [0.05, 0.1) is 34.3 Å². The van der Waals surface area contributed by atoms with Crippen molar-refractivity contribution >= 4 is 17.2 Å². The first-order chi connectivity index (χ1) is 15.0. The fourth-order valence-corrected chi connectivity index (χ4v) is 4.39. The van der Waals surface area contributed by atoms with Crippen molar-refractivity contribution in [3.8, 4) is 17.2 Å². The van der Waals surface area contributed by atoms with Crippen LogP contribution in [-0.4, -0.2) is 38.7 Å². The molecule has 3 rings (SSSR count). The molecule has 0 spiro atoms. The van der Waals surface area contributed by atoms with E-state index in [-0.39, 0.29) is 12.3 Å². The summed E-state index contributed by atoms with van der Waals surface area (Å²) in [5.74, 6) is 1.69. The van der Waals surface area contributed by atoms with Crippen LogP contribution in [0.5, 0.6) is 17.2 Å². The Morgan fingerprint density at radius 2 is 1.58 bits per heavy atom. The van der Waals surface area contributed by atoms with Crippen LogP contribution in [0.1, 0.15) is 20.9 Å². The van der Waals surface area contributed by atoms with E-state index in [1.807, 2.05) is 35.2 Å². The van der Waals surface area contributed by atoms with Crippen molar-refractivity contribution in [2.45, 2.75) is 26.3 Å². The molecular weight excluding hydrogens is 410 g/mol. The second-order valence-corrected chi connectivity index (χ2v) is 8.65. The van der Waals surface area contributed by atoms with Crippen LogP contribution in [0.15, 0.2) is 54.6 Å². The van der Waals surface area contributed by atoms with E-state index in [9.17, 15) is 4.79 Å². The van der Waals surface area contributed by atoms with Gasteiger partial charge in [0.25, 0.3) is 0 Å². The van der Waals surface area contributed by atoms with Crippen LogP contribution in [-0.2, 0) is 24.2 Å². The Bertz CT molecular complexity index is 975. The third kappa shape index (κ3) is 6.01. The summed E-state index contributed by atoms with van der Waals surface area (Å²) < 4.78 is 16.3. The van der Waals surface area contributed by atoms with Gasteiger partial charge in [-0.15, -0.1) is 11.3 Å². The van der Waals surface area contributed by atoms with E-state index < -0.39 is 0 Å². The molecule has 0 fully saturated rings.